The molecule has 0 radical (unpaired) electrons. The zero-order valence-electron chi connectivity index (χ0n) is 12.8. The van der Waals surface area contributed by atoms with E-state index >= 15 is 0 Å². The van der Waals surface area contributed by atoms with Gasteiger partial charge in [0.1, 0.15) is 11.5 Å². The predicted molar refractivity (Wildman–Crippen MR) is 92.0 cm³/mol. The molecule has 0 saturated carbocycles. The van der Waals surface area contributed by atoms with E-state index in [0.29, 0.717) is 5.92 Å². The van der Waals surface area contributed by atoms with Crippen LogP contribution in [0.15, 0.2) is 46.9 Å². The highest BCUT2D eigenvalue weighted by molar-refractivity contribution is 9.10. The molecule has 2 nitrogen and oxygen atoms in total. The quantitative estimate of drug-likeness (QED) is 0.744. The molecular weight excluding hydrogens is 326 g/mol. The Kier molecular flexibility index (Phi) is 5.43. The molecule has 0 spiro atoms. The molecule has 0 bridgehead atoms. The Hall–Kier alpha value is -1.32. The van der Waals surface area contributed by atoms with E-state index in [1.54, 1.807) is 0 Å². The third kappa shape index (κ3) is 3.86. The largest absolute Gasteiger partial charge is 0.457 e. The molecule has 1 unspecified atom stereocenters. The number of rotatable bonds is 5. The van der Waals surface area contributed by atoms with Crippen molar-refractivity contribution in [2.75, 3.05) is 0 Å². The van der Waals surface area contributed by atoms with Crippen molar-refractivity contribution in [2.45, 2.75) is 39.2 Å². The fourth-order valence-corrected chi connectivity index (χ4v) is 2.99. The van der Waals surface area contributed by atoms with Crippen LogP contribution >= 0.6 is 15.9 Å². The summed E-state index contributed by atoms with van der Waals surface area (Å²) in [7, 11) is 0. The van der Waals surface area contributed by atoms with Crippen LogP contribution in [-0.2, 0) is 0 Å². The number of ether oxygens (including phenoxy) is 1. The Morgan fingerprint density at radius 1 is 1.10 bits per heavy atom. The van der Waals surface area contributed by atoms with E-state index < -0.39 is 0 Å². The molecule has 112 valence electrons. The van der Waals surface area contributed by atoms with Gasteiger partial charge in [-0.15, -0.1) is 0 Å². The molecule has 2 atom stereocenters. The fourth-order valence-electron chi connectivity index (χ4n) is 2.27. The summed E-state index contributed by atoms with van der Waals surface area (Å²) >= 11 is 3.56. The summed E-state index contributed by atoms with van der Waals surface area (Å²) in [6, 6.07) is 14.2. The molecule has 0 aliphatic rings. The maximum atomic E-state index is 6.08. The first-order valence-corrected chi connectivity index (χ1v) is 8.14. The maximum absolute atomic E-state index is 6.08. The number of hydrogen-bond donors (Lipinski definition) is 1. The van der Waals surface area contributed by atoms with Crippen LogP contribution in [0.2, 0.25) is 0 Å². The molecule has 0 saturated heterocycles. The lowest BCUT2D eigenvalue weighted by Gasteiger charge is -2.16. The molecule has 2 rings (SSSR count). The SMILES string of the molecule is CCC(C)c1ccccc1Oc1ccc([C@@H](C)N)c(Br)c1. The average molecular weight is 348 g/mol. The van der Waals surface area contributed by atoms with Crippen LogP contribution in [0.5, 0.6) is 11.5 Å². The van der Waals surface area contributed by atoms with Gasteiger partial charge in [0.05, 0.1) is 0 Å². The Bertz CT molecular complexity index is 610. The standard InChI is InChI=1S/C18H22BrNO/c1-4-12(2)15-7-5-6-8-18(15)21-14-9-10-16(13(3)20)17(19)11-14/h5-13H,4,20H2,1-3H3/t12?,13-/m1/s1. The van der Waals surface area contributed by atoms with Crippen molar-refractivity contribution in [1.82, 2.24) is 0 Å². The molecule has 2 aromatic rings. The number of halogens is 1. The lowest BCUT2D eigenvalue weighted by atomic mass is 9.98. The van der Waals surface area contributed by atoms with Crippen molar-refractivity contribution in [3.05, 3.63) is 58.1 Å². The molecule has 0 aromatic heterocycles. The van der Waals surface area contributed by atoms with Crippen molar-refractivity contribution in [3.8, 4) is 11.5 Å². The lowest BCUT2D eigenvalue weighted by Crippen LogP contribution is -2.05. The lowest BCUT2D eigenvalue weighted by molar-refractivity contribution is 0.469. The smallest absolute Gasteiger partial charge is 0.130 e. The second-order valence-corrected chi connectivity index (χ2v) is 6.28. The van der Waals surface area contributed by atoms with E-state index in [-0.39, 0.29) is 6.04 Å². The van der Waals surface area contributed by atoms with E-state index in [1.165, 1.54) is 5.56 Å². The molecule has 0 fully saturated rings. The minimum atomic E-state index is 0.000764. The van der Waals surface area contributed by atoms with Gasteiger partial charge >= 0.3 is 0 Å². The Labute approximate surface area is 135 Å². The van der Waals surface area contributed by atoms with Crippen molar-refractivity contribution in [3.63, 3.8) is 0 Å². The van der Waals surface area contributed by atoms with E-state index in [9.17, 15) is 0 Å². The highest BCUT2D eigenvalue weighted by Gasteiger charge is 2.11. The summed E-state index contributed by atoms with van der Waals surface area (Å²) in [5.74, 6) is 2.22. The van der Waals surface area contributed by atoms with E-state index in [1.807, 2.05) is 37.3 Å². The topological polar surface area (TPSA) is 35.2 Å². The Morgan fingerprint density at radius 2 is 1.81 bits per heavy atom. The van der Waals surface area contributed by atoms with Crippen LogP contribution in [-0.4, -0.2) is 0 Å². The Morgan fingerprint density at radius 3 is 2.43 bits per heavy atom. The molecule has 0 heterocycles. The van der Waals surface area contributed by atoms with E-state index in [0.717, 1.165) is 28.0 Å². The van der Waals surface area contributed by atoms with Crippen LogP contribution in [0.25, 0.3) is 0 Å². The molecule has 3 heteroatoms. The van der Waals surface area contributed by atoms with Gasteiger partial charge in [0.2, 0.25) is 0 Å². The van der Waals surface area contributed by atoms with Gasteiger partial charge in [0.25, 0.3) is 0 Å². The first-order valence-electron chi connectivity index (χ1n) is 7.34. The van der Waals surface area contributed by atoms with Gasteiger partial charge in [-0.1, -0.05) is 54.0 Å². The minimum Gasteiger partial charge on any atom is -0.457 e. The molecule has 0 aliphatic heterocycles. The number of hydrogen-bond acceptors (Lipinski definition) is 2. The number of para-hydroxylation sites is 1. The summed E-state index contributed by atoms with van der Waals surface area (Å²) in [6.07, 6.45) is 1.09. The van der Waals surface area contributed by atoms with Crippen LogP contribution in [0, 0.1) is 0 Å². The van der Waals surface area contributed by atoms with E-state index in [4.69, 9.17) is 10.5 Å². The van der Waals surface area contributed by atoms with Gasteiger partial charge in [-0.25, -0.2) is 0 Å². The highest BCUT2D eigenvalue weighted by Crippen LogP contribution is 2.34. The van der Waals surface area contributed by atoms with Gasteiger partial charge in [-0.3, -0.25) is 0 Å². The fraction of sp³-hybridized carbons (Fsp3) is 0.333. The Balaban J connectivity index is 2.29. The first kappa shape index (κ1) is 16.1. The molecule has 0 aliphatic carbocycles. The zero-order valence-corrected chi connectivity index (χ0v) is 14.4. The first-order chi connectivity index (χ1) is 10.0. The summed E-state index contributed by atoms with van der Waals surface area (Å²) < 4.78 is 7.06. The average Bonchev–Trinajstić information content (AvgIpc) is 2.46. The molecule has 21 heavy (non-hydrogen) atoms. The predicted octanol–water partition coefficient (Wildman–Crippen LogP) is 5.77. The van der Waals surface area contributed by atoms with Crippen molar-refractivity contribution in [2.24, 2.45) is 5.73 Å². The zero-order chi connectivity index (χ0) is 15.4. The summed E-state index contributed by atoms with van der Waals surface area (Å²) in [5, 5.41) is 0. The monoisotopic (exact) mass is 347 g/mol. The van der Waals surface area contributed by atoms with Crippen molar-refractivity contribution in [1.29, 1.82) is 0 Å². The van der Waals surface area contributed by atoms with Gasteiger partial charge in [-0.2, -0.15) is 0 Å². The summed E-state index contributed by atoms with van der Waals surface area (Å²) in [4.78, 5) is 0. The van der Waals surface area contributed by atoms with Crippen LogP contribution < -0.4 is 10.5 Å². The number of benzene rings is 2. The maximum Gasteiger partial charge on any atom is 0.130 e. The molecule has 0 amide bonds. The van der Waals surface area contributed by atoms with Gasteiger partial charge in [0, 0.05) is 10.5 Å². The normalized spacial score (nSPS) is 13.8. The second kappa shape index (κ2) is 7.10. The van der Waals surface area contributed by atoms with Gasteiger partial charge in [0.15, 0.2) is 0 Å². The minimum absolute atomic E-state index is 0.000764. The molecular formula is C18H22BrNO. The molecule has 2 aromatic carbocycles. The van der Waals surface area contributed by atoms with Crippen LogP contribution in [0.4, 0.5) is 0 Å². The van der Waals surface area contributed by atoms with Gasteiger partial charge in [-0.05, 0) is 48.6 Å². The summed E-state index contributed by atoms with van der Waals surface area (Å²) in [5.41, 5.74) is 8.25. The van der Waals surface area contributed by atoms with Crippen LogP contribution in [0.1, 0.15) is 50.3 Å². The van der Waals surface area contributed by atoms with Crippen molar-refractivity contribution >= 4 is 15.9 Å². The third-order valence-corrected chi connectivity index (χ3v) is 4.44. The van der Waals surface area contributed by atoms with Crippen LogP contribution in [0.3, 0.4) is 0 Å². The third-order valence-electron chi connectivity index (χ3n) is 3.75. The second-order valence-electron chi connectivity index (χ2n) is 5.42. The summed E-state index contributed by atoms with van der Waals surface area (Å²) in [6.45, 7) is 6.38. The van der Waals surface area contributed by atoms with Crippen molar-refractivity contribution < 1.29 is 4.74 Å². The van der Waals surface area contributed by atoms with Gasteiger partial charge < -0.3 is 10.5 Å². The number of nitrogens with two attached hydrogens (primary N) is 1. The molecule has 2 N–H and O–H groups in total. The highest BCUT2D eigenvalue weighted by atomic mass is 79.9. The van der Waals surface area contributed by atoms with E-state index in [2.05, 4.69) is 41.9 Å².